The fourth-order valence-corrected chi connectivity index (χ4v) is 7.04. The van der Waals surface area contributed by atoms with Crippen LogP contribution in [0.3, 0.4) is 0 Å². The third kappa shape index (κ3) is 6.45. The highest BCUT2D eigenvalue weighted by molar-refractivity contribution is 5.93. The molecule has 6 heterocycles. The molecule has 5 aromatic rings. The van der Waals surface area contributed by atoms with E-state index < -0.39 is 35.0 Å². The van der Waals surface area contributed by atoms with Crippen molar-refractivity contribution in [1.82, 2.24) is 33.6 Å². The molecule has 3 unspecified atom stereocenters. The first-order valence-corrected chi connectivity index (χ1v) is 16.5. The summed E-state index contributed by atoms with van der Waals surface area (Å²) in [6.07, 6.45) is 1.93. The van der Waals surface area contributed by atoms with Crippen LogP contribution in [-0.4, -0.2) is 68.7 Å². The van der Waals surface area contributed by atoms with Crippen LogP contribution in [0.2, 0.25) is 0 Å². The molecule has 52 heavy (non-hydrogen) atoms. The predicted molar refractivity (Wildman–Crippen MR) is 180 cm³/mol. The molecule has 1 saturated heterocycles. The first kappa shape index (κ1) is 34.7. The lowest BCUT2D eigenvalue weighted by Gasteiger charge is -2.40. The van der Waals surface area contributed by atoms with E-state index in [1.54, 1.807) is 34.1 Å². The second-order valence-electron chi connectivity index (χ2n) is 13.6. The Morgan fingerprint density at radius 3 is 2.46 bits per heavy atom. The molecular weight excluding hydrogens is 683 g/mol. The summed E-state index contributed by atoms with van der Waals surface area (Å²) in [6.45, 7) is 6.02. The Kier molecular flexibility index (Phi) is 8.52. The Hall–Kier alpha value is -5.77. The molecule has 1 amide bonds. The summed E-state index contributed by atoms with van der Waals surface area (Å²) in [5.41, 5.74) is -0.205. The summed E-state index contributed by atoms with van der Waals surface area (Å²) in [4.78, 5) is 63.4. The molecule has 0 bridgehead atoms. The van der Waals surface area contributed by atoms with Crippen LogP contribution >= 0.6 is 0 Å². The SMILES string of the molecule is Cc1cn(-c2ccc3n(c2=O)CC(C)N(CC2(C)CCC(c4ccc(C(F)(F)F)cc4Cc4cn(-c5ccc(C(=O)O)[nH]c5=O)cn4)O2)C3=O)cn1. The maximum atomic E-state index is 13.9. The van der Waals surface area contributed by atoms with E-state index in [0.717, 1.165) is 17.8 Å². The van der Waals surface area contributed by atoms with Gasteiger partial charge in [-0.2, -0.15) is 13.2 Å². The summed E-state index contributed by atoms with van der Waals surface area (Å²) in [5.74, 6) is -1.62. The van der Waals surface area contributed by atoms with E-state index in [2.05, 4.69) is 15.0 Å². The molecule has 2 aliphatic rings. The van der Waals surface area contributed by atoms with Crippen molar-refractivity contribution < 1.29 is 32.6 Å². The van der Waals surface area contributed by atoms with Crippen molar-refractivity contribution in [3.63, 3.8) is 0 Å². The van der Waals surface area contributed by atoms with Gasteiger partial charge in [0.15, 0.2) is 0 Å². The van der Waals surface area contributed by atoms with Crippen molar-refractivity contribution in [3.05, 3.63) is 128 Å². The second-order valence-corrected chi connectivity index (χ2v) is 13.6. The maximum Gasteiger partial charge on any atom is 0.416 e. The minimum Gasteiger partial charge on any atom is -0.477 e. The van der Waals surface area contributed by atoms with Gasteiger partial charge in [0.05, 0.1) is 47.9 Å². The van der Waals surface area contributed by atoms with Gasteiger partial charge in [0.1, 0.15) is 22.8 Å². The minimum atomic E-state index is -4.60. The monoisotopic (exact) mass is 717 g/mol. The van der Waals surface area contributed by atoms with Crippen LogP contribution in [0.25, 0.3) is 11.4 Å². The number of aryl methyl sites for hydroxylation is 1. The van der Waals surface area contributed by atoms with Crippen LogP contribution < -0.4 is 11.1 Å². The minimum absolute atomic E-state index is 0.0121. The summed E-state index contributed by atoms with van der Waals surface area (Å²) >= 11 is 0. The van der Waals surface area contributed by atoms with E-state index in [0.29, 0.717) is 35.3 Å². The highest BCUT2D eigenvalue weighted by Crippen LogP contribution is 2.43. The van der Waals surface area contributed by atoms with Gasteiger partial charge in [-0.1, -0.05) is 6.07 Å². The fourth-order valence-electron chi connectivity index (χ4n) is 7.04. The number of hydrogen-bond acceptors (Lipinski definition) is 7. The molecule has 0 saturated carbocycles. The summed E-state index contributed by atoms with van der Waals surface area (Å²) in [5, 5.41) is 9.15. The molecule has 1 aromatic carbocycles. The smallest absolute Gasteiger partial charge is 0.416 e. The number of nitrogens with zero attached hydrogens (tertiary/aromatic N) is 6. The van der Waals surface area contributed by atoms with Gasteiger partial charge in [-0.15, -0.1) is 0 Å². The van der Waals surface area contributed by atoms with E-state index in [4.69, 9.17) is 9.84 Å². The summed E-state index contributed by atoms with van der Waals surface area (Å²) in [7, 11) is 0. The Labute approximate surface area is 293 Å². The number of aromatic amines is 1. The topological polar surface area (TPSA) is 157 Å². The van der Waals surface area contributed by atoms with E-state index in [1.165, 1.54) is 39.9 Å². The van der Waals surface area contributed by atoms with Crippen molar-refractivity contribution >= 4 is 11.9 Å². The number of carbonyl (C=O) groups is 2. The number of carboxylic acid groups (broad SMARTS) is 1. The number of aromatic carboxylic acids is 1. The third-order valence-corrected chi connectivity index (χ3v) is 9.69. The first-order valence-electron chi connectivity index (χ1n) is 16.5. The van der Waals surface area contributed by atoms with E-state index >= 15 is 0 Å². The average molecular weight is 718 g/mol. The number of ether oxygens (including phenoxy) is 1. The number of imidazole rings is 2. The molecule has 0 radical (unpaired) electrons. The maximum absolute atomic E-state index is 13.9. The van der Waals surface area contributed by atoms with Crippen molar-refractivity contribution in [3.8, 4) is 11.4 Å². The Morgan fingerprint density at radius 1 is 1.04 bits per heavy atom. The summed E-state index contributed by atoms with van der Waals surface area (Å²) < 4.78 is 52.7. The molecular formula is C36H34F3N7O6. The zero-order chi connectivity index (χ0) is 37.1. The molecule has 7 rings (SSSR count). The lowest BCUT2D eigenvalue weighted by Crippen LogP contribution is -2.54. The summed E-state index contributed by atoms with van der Waals surface area (Å²) in [6, 6.07) is 8.95. The van der Waals surface area contributed by atoms with Gasteiger partial charge < -0.3 is 33.4 Å². The second kappa shape index (κ2) is 12.8. The number of hydrogen-bond donors (Lipinski definition) is 2. The fraction of sp³-hybridized carbons (Fsp3) is 0.333. The standard InChI is InChI=1S/C36H34F3N7O6/c1-20-14-43(18-40-20)28-8-9-29-33(49)46(21(2)15-45(29)32(28)48)17-35(3)11-10-30(52-35)25-5-4-23(36(37,38)39)12-22(25)13-24-16-44(19-41-24)27-7-6-26(34(50)51)42-31(27)47/h4-9,12,14,16,18-19,21,30H,10-11,13,15,17H2,1-3H3,(H,42,47)(H,50,51). The molecule has 13 nitrogen and oxygen atoms in total. The van der Waals surface area contributed by atoms with Gasteiger partial charge in [0.25, 0.3) is 17.0 Å². The number of carbonyl (C=O) groups excluding carboxylic acids is 1. The van der Waals surface area contributed by atoms with Crippen LogP contribution in [0.15, 0.2) is 77.1 Å². The Balaban J connectivity index is 1.12. The van der Waals surface area contributed by atoms with Crippen LogP contribution in [0, 0.1) is 6.92 Å². The predicted octanol–water partition coefficient (Wildman–Crippen LogP) is 4.68. The largest absolute Gasteiger partial charge is 0.477 e. The number of fused-ring (bicyclic) bond motifs is 1. The van der Waals surface area contributed by atoms with Gasteiger partial charge in [0.2, 0.25) is 0 Å². The van der Waals surface area contributed by atoms with Crippen molar-refractivity contribution in [2.75, 3.05) is 6.54 Å². The molecule has 3 atom stereocenters. The van der Waals surface area contributed by atoms with Crippen LogP contribution in [0.1, 0.15) is 81.8 Å². The number of aromatic nitrogens is 6. The van der Waals surface area contributed by atoms with Crippen LogP contribution in [-0.2, 0) is 23.9 Å². The number of halogens is 3. The van der Waals surface area contributed by atoms with Crippen LogP contribution in [0.5, 0.6) is 0 Å². The van der Waals surface area contributed by atoms with Crippen molar-refractivity contribution in [2.24, 2.45) is 0 Å². The average Bonchev–Trinajstić information content (AvgIpc) is 3.83. The number of carboxylic acids is 1. The highest BCUT2D eigenvalue weighted by Gasteiger charge is 2.43. The number of pyridine rings is 2. The molecule has 270 valence electrons. The number of alkyl halides is 3. The molecule has 0 aliphatic carbocycles. The zero-order valence-corrected chi connectivity index (χ0v) is 28.3. The lowest BCUT2D eigenvalue weighted by atomic mass is 9.94. The third-order valence-electron chi connectivity index (χ3n) is 9.69. The van der Waals surface area contributed by atoms with Crippen molar-refractivity contribution in [1.29, 1.82) is 0 Å². The van der Waals surface area contributed by atoms with E-state index in [-0.39, 0.29) is 54.1 Å². The normalized spacial score (nSPS) is 20.3. The zero-order valence-electron chi connectivity index (χ0n) is 28.3. The Bertz CT molecular complexity index is 2340. The van der Waals surface area contributed by atoms with Crippen LogP contribution in [0.4, 0.5) is 13.2 Å². The quantitative estimate of drug-likeness (QED) is 0.234. The number of H-pyrrole nitrogens is 1. The van der Waals surface area contributed by atoms with Gasteiger partial charge >= 0.3 is 12.1 Å². The molecule has 16 heteroatoms. The van der Waals surface area contributed by atoms with Crippen molar-refractivity contribution in [2.45, 2.75) is 70.5 Å². The molecule has 0 spiro atoms. The highest BCUT2D eigenvalue weighted by atomic mass is 19.4. The number of nitrogens with one attached hydrogen (secondary N) is 1. The van der Waals surface area contributed by atoms with E-state index in [1.807, 2.05) is 20.8 Å². The van der Waals surface area contributed by atoms with Gasteiger partial charge in [-0.25, -0.2) is 14.8 Å². The van der Waals surface area contributed by atoms with Gasteiger partial charge in [0, 0.05) is 31.4 Å². The Morgan fingerprint density at radius 2 is 1.77 bits per heavy atom. The molecule has 2 aliphatic heterocycles. The number of benzene rings is 1. The van der Waals surface area contributed by atoms with Gasteiger partial charge in [-0.3, -0.25) is 14.4 Å². The first-order chi connectivity index (χ1) is 24.6. The molecule has 1 fully saturated rings. The lowest BCUT2D eigenvalue weighted by molar-refractivity contribution is -0.137. The number of amides is 1. The molecule has 4 aromatic heterocycles. The van der Waals surface area contributed by atoms with Gasteiger partial charge in [-0.05, 0) is 81.1 Å². The van der Waals surface area contributed by atoms with E-state index in [9.17, 15) is 32.3 Å². The number of rotatable bonds is 8. The molecule has 2 N–H and O–H groups in total.